The maximum atomic E-state index is 11.5. The van der Waals surface area contributed by atoms with Gasteiger partial charge in [0.2, 0.25) is 0 Å². The summed E-state index contributed by atoms with van der Waals surface area (Å²) in [6.07, 6.45) is 0.683. The number of carbonyl (C=O) groups excluding carboxylic acids is 1. The van der Waals surface area contributed by atoms with E-state index < -0.39 is 6.03 Å². The smallest absolute Gasteiger partial charge is 0.326 e. The van der Waals surface area contributed by atoms with Crippen molar-refractivity contribution in [1.82, 2.24) is 15.2 Å². The Hall–Kier alpha value is -2.08. The number of carbonyl (C=O) groups is 1. The monoisotopic (exact) mass is 265 g/mol. The summed E-state index contributed by atoms with van der Waals surface area (Å²) in [5.41, 5.74) is 5.81. The number of nitrogens with two attached hydrogens (primary N) is 1. The fraction of sp³-hybridized carbons (Fsp3) is 0.182. The Labute approximate surface area is 109 Å². The van der Waals surface area contributed by atoms with Gasteiger partial charge in [-0.25, -0.2) is 9.69 Å². The van der Waals surface area contributed by atoms with Crippen LogP contribution in [0.4, 0.5) is 16.4 Å². The van der Waals surface area contributed by atoms with Crippen molar-refractivity contribution in [2.45, 2.75) is 13.3 Å². The molecule has 2 amide bonds. The van der Waals surface area contributed by atoms with Crippen LogP contribution in [0.25, 0.3) is 0 Å². The number of rotatable bonds is 3. The van der Waals surface area contributed by atoms with Crippen LogP contribution in [0.1, 0.15) is 12.7 Å². The number of aromatic nitrogens is 3. The Morgan fingerprint density at radius 1 is 1.50 bits per heavy atom. The highest BCUT2D eigenvalue weighted by Crippen LogP contribution is 2.29. The highest BCUT2D eigenvalue weighted by Gasteiger charge is 2.21. The molecule has 0 bridgehead atoms. The summed E-state index contributed by atoms with van der Waals surface area (Å²) in [7, 11) is 0. The molecule has 0 fully saturated rings. The Bertz CT molecular complexity index is 568. The van der Waals surface area contributed by atoms with E-state index in [2.05, 4.69) is 15.2 Å². The number of amides is 2. The minimum absolute atomic E-state index is 0.187. The molecule has 0 unspecified atom stereocenters. The molecule has 0 saturated carbocycles. The predicted molar refractivity (Wildman–Crippen MR) is 68.9 cm³/mol. The number of para-hydroxylation sites is 1. The van der Waals surface area contributed by atoms with Crippen LogP contribution in [0.5, 0.6) is 0 Å². The minimum Gasteiger partial charge on any atom is -0.351 e. The number of aromatic amines is 1. The second-order valence-corrected chi connectivity index (χ2v) is 3.97. The van der Waals surface area contributed by atoms with Crippen molar-refractivity contribution in [2.75, 3.05) is 4.90 Å². The number of halogens is 1. The Balaban J connectivity index is 2.47. The average molecular weight is 266 g/mol. The van der Waals surface area contributed by atoms with Gasteiger partial charge >= 0.3 is 6.03 Å². The first-order valence-corrected chi connectivity index (χ1v) is 5.76. The number of nitrogens with zero attached hydrogens (tertiary/aromatic N) is 3. The Morgan fingerprint density at radius 2 is 2.22 bits per heavy atom. The maximum Gasteiger partial charge on any atom is 0.326 e. The van der Waals surface area contributed by atoms with Crippen molar-refractivity contribution in [1.29, 1.82) is 0 Å². The highest BCUT2D eigenvalue weighted by atomic mass is 35.5. The van der Waals surface area contributed by atoms with Gasteiger partial charge in [-0.05, 0) is 12.1 Å². The number of benzene rings is 1. The molecule has 0 atom stereocenters. The van der Waals surface area contributed by atoms with E-state index in [-0.39, 0.29) is 5.95 Å². The van der Waals surface area contributed by atoms with Gasteiger partial charge in [0.1, 0.15) is 5.82 Å². The summed E-state index contributed by atoms with van der Waals surface area (Å²) < 4.78 is 0. The van der Waals surface area contributed by atoms with Gasteiger partial charge in [-0.1, -0.05) is 30.7 Å². The molecule has 0 saturated heterocycles. The van der Waals surface area contributed by atoms with Gasteiger partial charge in [0.05, 0.1) is 10.7 Å². The molecule has 1 aromatic carbocycles. The molecule has 94 valence electrons. The van der Waals surface area contributed by atoms with E-state index >= 15 is 0 Å². The molecule has 3 N–H and O–H groups in total. The van der Waals surface area contributed by atoms with Crippen LogP contribution in [0.2, 0.25) is 5.02 Å². The average Bonchev–Trinajstić information content (AvgIpc) is 2.80. The summed E-state index contributed by atoms with van der Waals surface area (Å²) in [6.45, 7) is 1.92. The van der Waals surface area contributed by atoms with E-state index in [1.807, 2.05) is 6.92 Å². The standard InChI is InChI=1S/C11H12ClN5O/c1-2-9-14-11(16-15-9)17(10(13)18)8-6-4-3-5-7(8)12/h3-6H,2H2,1H3,(H2,13,18)(H,14,15,16). The number of primary amides is 1. The third kappa shape index (κ3) is 2.28. The molecule has 0 radical (unpaired) electrons. The Morgan fingerprint density at radius 3 is 2.78 bits per heavy atom. The lowest BCUT2D eigenvalue weighted by molar-refractivity contribution is 0.256. The van der Waals surface area contributed by atoms with Crippen LogP contribution < -0.4 is 10.6 Å². The zero-order chi connectivity index (χ0) is 13.1. The molecule has 7 heteroatoms. The molecule has 0 aliphatic heterocycles. The second kappa shape index (κ2) is 5.05. The van der Waals surface area contributed by atoms with Crippen LogP contribution in [0.15, 0.2) is 24.3 Å². The molecule has 1 aromatic heterocycles. The lowest BCUT2D eigenvalue weighted by Crippen LogP contribution is -2.32. The minimum atomic E-state index is -0.690. The molecular formula is C11H12ClN5O. The van der Waals surface area contributed by atoms with Crippen molar-refractivity contribution < 1.29 is 4.79 Å². The number of hydrogen-bond donors (Lipinski definition) is 2. The van der Waals surface area contributed by atoms with Crippen molar-refractivity contribution >= 4 is 29.3 Å². The first-order valence-electron chi connectivity index (χ1n) is 5.39. The van der Waals surface area contributed by atoms with Crippen molar-refractivity contribution in [3.05, 3.63) is 35.1 Å². The number of urea groups is 1. The number of nitrogens with one attached hydrogen (secondary N) is 1. The van der Waals surface area contributed by atoms with Crippen LogP contribution in [-0.2, 0) is 6.42 Å². The van der Waals surface area contributed by atoms with Gasteiger partial charge in [0.25, 0.3) is 5.95 Å². The predicted octanol–water partition coefficient (Wildman–Crippen LogP) is 2.24. The van der Waals surface area contributed by atoms with Crippen LogP contribution >= 0.6 is 11.6 Å². The fourth-order valence-electron chi connectivity index (χ4n) is 1.50. The lowest BCUT2D eigenvalue weighted by Gasteiger charge is -2.17. The third-order valence-electron chi connectivity index (χ3n) is 2.37. The largest absolute Gasteiger partial charge is 0.351 e. The second-order valence-electron chi connectivity index (χ2n) is 3.56. The number of hydrogen-bond acceptors (Lipinski definition) is 3. The number of anilines is 2. The molecule has 0 spiro atoms. The molecule has 1 heterocycles. The lowest BCUT2D eigenvalue weighted by atomic mass is 10.3. The molecular weight excluding hydrogens is 254 g/mol. The van der Waals surface area contributed by atoms with E-state index in [9.17, 15) is 4.79 Å². The zero-order valence-electron chi connectivity index (χ0n) is 9.72. The number of aryl methyl sites for hydroxylation is 1. The van der Waals surface area contributed by atoms with Crippen molar-refractivity contribution in [2.24, 2.45) is 5.73 Å². The Kier molecular flexibility index (Phi) is 3.47. The maximum absolute atomic E-state index is 11.5. The molecule has 18 heavy (non-hydrogen) atoms. The van der Waals surface area contributed by atoms with E-state index in [0.29, 0.717) is 23.0 Å². The van der Waals surface area contributed by atoms with Gasteiger partial charge in [-0.15, -0.1) is 5.10 Å². The SMILES string of the molecule is CCc1nc(N(C(N)=O)c2ccccc2Cl)n[nH]1. The van der Waals surface area contributed by atoms with Gasteiger partial charge in [0, 0.05) is 6.42 Å². The first-order chi connectivity index (χ1) is 8.63. The normalized spacial score (nSPS) is 10.3. The summed E-state index contributed by atoms with van der Waals surface area (Å²) >= 11 is 6.04. The summed E-state index contributed by atoms with van der Waals surface area (Å²) in [5, 5.41) is 7.08. The van der Waals surface area contributed by atoms with Crippen LogP contribution in [0.3, 0.4) is 0 Å². The molecule has 2 rings (SSSR count). The van der Waals surface area contributed by atoms with Gasteiger partial charge in [0.15, 0.2) is 0 Å². The first kappa shape index (κ1) is 12.4. The summed E-state index contributed by atoms with van der Waals surface area (Å²) in [6, 6.07) is 6.17. The fourth-order valence-corrected chi connectivity index (χ4v) is 1.72. The van der Waals surface area contributed by atoms with Gasteiger partial charge < -0.3 is 5.73 Å². The summed E-state index contributed by atoms with van der Waals surface area (Å²) in [4.78, 5) is 16.9. The topological polar surface area (TPSA) is 87.9 Å². The van der Waals surface area contributed by atoms with Crippen molar-refractivity contribution in [3.8, 4) is 0 Å². The molecule has 2 aromatic rings. The third-order valence-corrected chi connectivity index (χ3v) is 2.69. The van der Waals surface area contributed by atoms with Gasteiger partial charge in [-0.2, -0.15) is 4.98 Å². The molecule has 6 nitrogen and oxygen atoms in total. The van der Waals surface area contributed by atoms with Gasteiger partial charge in [-0.3, -0.25) is 5.10 Å². The zero-order valence-corrected chi connectivity index (χ0v) is 10.5. The van der Waals surface area contributed by atoms with E-state index in [1.54, 1.807) is 24.3 Å². The van der Waals surface area contributed by atoms with E-state index in [0.717, 1.165) is 4.90 Å². The van der Waals surface area contributed by atoms with Crippen molar-refractivity contribution in [3.63, 3.8) is 0 Å². The molecule has 0 aliphatic rings. The van der Waals surface area contributed by atoms with Crippen LogP contribution in [-0.4, -0.2) is 21.2 Å². The van der Waals surface area contributed by atoms with E-state index in [1.165, 1.54) is 0 Å². The van der Waals surface area contributed by atoms with E-state index in [4.69, 9.17) is 17.3 Å². The summed E-state index contributed by atoms with van der Waals surface area (Å²) in [5.74, 6) is 0.857. The molecule has 0 aliphatic carbocycles. The van der Waals surface area contributed by atoms with Crippen LogP contribution in [0, 0.1) is 0 Å². The quantitative estimate of drug-likeness (QED) is 0.892. The highest BCUT2D eigenvalue weighted by molar-refractivity contribution is 6.34. The number of H-pyrrole nitrogens is 1.